The van der Waals surface area contributed by atoms with Crippen molar-refractivity contribution in [3.63, 3.8) is 0 Å². The second-order valence-electron chi connectivity index (χ2n) is 3.95. The first kappa shape index (κ1) is 11.0. The molecule has 2 heteroatoms. The number of hydrogen-bond acceptors (Lipinski definition) is 2. The molecule has 1 fully saturated rings. The van der Waals surface area contributed by atoms with Crippen molar-refractivity contribution in [3.8, 4) is 0 Å². The molecule has 0 atom stereocenters. The van der Waals surface area contributed by atoms with E-state index in [1.54, 1.807) is 0 Å². The van der Waals surface area contributed by atoms with E-state index in [4.69, 9.17) is 4.74 Å². The molecule has 1 saturated carbocycles. The van der Waals surface area contributed by atoms with Gasteiger partial charge in [-0.15, -0.1) is 0 Å². The Kier molecular flexibility index (Phi) is 6.21. The molecule has 2 nitrogen and oxygen atoms in total. The van der Waals surface area contributed by atoms with Crippen molar-refractivity contribution in [3.05, 3.63) is 0 Å². The van der Waals surface area contributed by atoms with Crippen LogP contribution in [0.15, 0.2) is 0 Å². The third kappa shape index (κ3) is 7.03. The second kappa shape index (κ2) is 7.34. The Morgan fingerprint density at radius 1 is 1.23 bits per heavy atom. The van der Waals surface area contributed by atoms with Crippen molar-refractivity contribution < 1.29 is 4.74 Å². The van der Waals surface area contributed by atoms with Crippen LogP contribution in [0, 0.1) is 5.92 Å². The lowest BCUT2D eigenvalue weighted by Gasteiger charge is -2.04. The number of ether oxygens (including phenoxy) is 1. The molecule has 0 radical (unpaired) electrons. The summed E-state index contributed by atoms with van der Waals surface area (Å²) >= 11 is 0. The summed E-state index contributed by atoms with van der Waals surface area (Å²) in [4.78, 5) is 0. The molecule has 1 aliphatic rings. The monoisotopic (exact) mass is 185 g/mol. The molecule has 13 heavy (non-hydrogen) atoms. The Balaban J connectivity index is 1.63. The van der Waals surface area contributed by atoms with Crippen molar-refractivity contribution in [1.29, 1.82) is 0 Å². The maximum atomic E-state index is 5.52. The minimum atomic E-state index is 0.934. The summed E-state index contributed by atoms with van der Waals surface area (Å²) in [6.07, 6.45) is 6.57. The van der Waals surface area contributed by atoms with Gasteiger partial charge in [-0.3, -0.25) is 0 Å². The van der Waals surface area contributed by atoms with Crippen molar-refractivity contribution in [1.82, 2.24) is 5.32 Å². The van der Waals surface area contributed by atoms with Crippen LogP contribution in [0.1, 0.15) is 39.0 Å². The van der Waals surface area contributed by atoms with Gasteiger partial charge in [-0.05, 0) is 38.3 Å². The van der Waals surface area contributed by atoms with Crippen LogP contribution in [0.3, 0.4) is 0 Å². The Labute approximate surface area is 82.0 Å². The number of nitrogens with one attached hydrogen (secondary N) is 1. The minimum absolute atomic E-state index is 0.934. The average Bonchev–Trinajstić information content (AvgIpc) is 2.93. The molecule has 0 bridgehead atoms. The molecule has 1 N–H and O–H groups in total. The van der Waals surface area contributed by atoms with Crippen LogP contribution in [0.4, 0.5) is 0 Å². The fraction of sp³-hybridized carbons (Fsp3) is 1.00. The first-order valence-corrected chi connectivity index (χ1v) is 5.72. The summed E-state index contributed by atoms with van der Waals surface area (Å²) in [5, 5.41) is 3.37. The van der Waals surface area contributed by atoms with E-state index in [1.807, 2.05) is 0 Å². The molecule has 0 aromatic carbocycles. The highest BCUT2D eigenvalue weighted by atomic mass is 16.5. The van der Waals surface area contributed by atoms with Crippen LogP contribution < -0.4 is 5.32 Å². The molecule has 1 rings (SSSR count). The second-order valence-corrected chi connectivity index (χ2v) is 3.95. The van der Waals surface area contributed by atoms with Gasteiger partial charge in [0.15, 0.2) is 0 Å². The summed E-state index contributed by atoms with van der Waals surface area (Å²) in [5.41, 5.74) is 0. The van der Waals surface area contributed by atoms with Gasteiger partial charge in [0.2, 0.25) is 0 Å². The molecule has 1 aliphatic carbocycles. The fourth-order valence-corrected chi connectivity index (χ4v) is 1.36. The van der Waals surface area contributed by atoms with Gasteiger partial charge < -0.3 is 10.1 Å². The smallest absolute Gasteiger partial charge is 0.0478 e. The summed E-state index contributed by atoms with van der Waals surface area (Å²) in [6, 6.07) is 0. The van der Waals surface area contributed by atoms with Crippen molar-refractivity contribution in [2.75, 3.05) is 26.3 Å². The van der Waals surface area contributed by atoms with Crippen molar-refractivity contribution in [2.24, 2.45) is 5.92 Å². The molecular formula is C11H23NO. The average molecular weight is 185 g/mol. The van der Waals surface area contributed by atoms with Gasteiger partial charge in [0, 0.05) is 13.2 Å². The van der Waals surface area contributed by atoms with Crippen LogP contribution in [-0.2, 0) is 4.74 Å². The van der Waals surface area contributed by atoms with E-state index < -0.39 is 0 Å². The maximum Gasteiger partial charge on any atom is 0.0478 e. The van der Waals surface area contributed by atoms with Gasteiger partial charge in [0.25, 0.3) is 0 Å². The van der Waals surface area contributed by atoms with E-state index in [1.165, 1.54) is 25.7 Å². The molecule has 0 amide bonds. The van der Waals surface area contributed by atoms with Crippen LogP contribution in [0.5, 0.6) is 0 Å². The van der Waals surface area contributed by atoms with Crippen LogP contribution in [-0.4, -0.2) is 26.3 Å². The van der Waals surface area contributed by atoms with Crippen LogP contribution in [0.2, 0.25) is 0 Å². The van der Waals surface area contributed by atoms with E-state index in [0.717, 1.165) is 38.6 Å². The maximum absolute atomic E-state index is 5.52. The van der Waals surface area contributed by atoms with Crippen LogP contribution >= 0.6 is 0 Å². The standard InChI is InChI=1S/C11H23NO/c1-2-7-12-8-3-9-13-10-6-11-4-5-11/h11-12H,2-10H2,1H3. The molecule has 0 aromatic heterocycles. The highest BCUT2D eigenvalue weighted by molar-refractivity contribution is 4.72. The SMILES string of the molecule is CCCNCCCOCCC1CC1. The normalized spacial score (nSPS) is 16.4. The lowest BCUT2D eigenvalue weighted by Crippen LogP contribution is -2.17. The molecule has 0 spiro atoms. The number of rotatable bonds is 9. The van der Waals surface area contributed by atoms with Gasteiger partial charge in [-0.25, -0.2) is 0 Å². The first-order chi connectivity index (χ1) is 6.43. The van der Waals surface area contributed by atoms with Gasteiger partial charge in [0.05, 0.1) is 0 Å². The van der Waals surface area contributed by atoms with Gasteiger partial charge in [-0.1, -0.05) is 19.8 Å². The Morgan fingerprint density at radius 3 is 2.77 bits per heavy atom. The molecule has 0 unspecified atom stereocenters. The van der Waals surface area contributed by atoms with E-state index in [0.29, 0.717) is 0 Å². The van der Waals surface area contributed by atoms with Crippen molar-refractivity contribution in [2.45, 2.75) is 39.0 Å². The van der Waals surface area contributed by atoms with Gasteiger partial charge in [0.1, 0.15) is 0 Å². The zero-order chi connectivity index (χ0) is 9.36. The summed E-state index contributed by atoms with van der Waals surface area (Å²) in [7, 11) is 0. The molecular weight excluding hydrogens is 162 g/mol. The third-order valence-corrected chi connectivity index (χ3v) is 2.44. The summed E-state index contributed by atoms with van der Waals surface area (Å²) < 4.78 is 5.52. The fourth-order valence-electron chi connectivity index (χ4n) is 1.36. The Hall–Kier alpha value is -0.0800. The van der Waals surface area contributed by atoms with Crippen molar-refractivity contribution >= 4 is 0 Å². The predicted molar refractivity (Wildman–Crippen MR) is 55.9 cm³/mol. The topological polar surface area (TPSA) is 21.3 Å². The zero-order valence-corrected chi connectivity index (χ0v) is 8.85. The molecule has 0 heterocycles. The summed E-state index contributed by atoms with van der Waals surface area (Å²) in [5.74, 6) is 1.01. The van der Waals surface area contributed by atoms with Gasteiger partial charge >= 0.3 is 0 Å². The highest BCUT2D eigenvalue weighted by Crippen LogP contribution is 2.31. The molecule has 78 valence electrons. The molecule has 0 saturated heterocycles. The van der Waals surface area contributed by atoms with Gasteiger partial charge in [-0.2, -0.15) is 0 Å². The largest absolute Gasteiger partial charge is 0.381 e. The van der Waals surface area contributed by atoms with E-state index in [2.05, 4.69) is 12.2 Å². The quantitative estimate of drug-likeness (QED) is 0.556. The minimum Gasteiger partial charge on any atom is -0.381 e. The van der Waals surface area contributed by atoms with Crippen LogP contribution in [0.25, 0.3) is 0 Å². The van der Waals surface area contributed by atoms with E-state index in [9.17, 15) is 0 Å². The number of hydrogen-bond donors (Lipinski definition) is 1. The Morgan fingerprint density at radius 2 is 2.08 bits per heavy atom. The lowest BCUT2D eigenvalue weighted by molar-refractivity contribution is 0.126. The third-order valence-electron chi connectivity index (χ3n) is 2.44. The Bertz CT molecular complexity index is 113. The zero-order valence-electron chi connectivity index (χ0n) is 8.85. The van der Waals surface area contributed by atoms with E-state index in [-0.39, 0.29) is 0 Å². The van der Waals surface area contributed by atoms with E-state index >= 15 is 0 Å². The lowest BCUT2D eigenvalue weighted by atomic mass is 10.3. The molecule has 0 aromatic rings. The molecule has 0 aliphatic heterocycles. The predicted octanol–water partition coefficient (Wildman–Crippen LogP) is 2.19. The highest BCUT2D eigenvalue weighted by Gasteiger charge is 2.20. The summed E-state index contributed by atoms with van der Waals surface area (Å²) in [6.45, 7) is 6.36. The first-order valence-electron chi connectivity index (χ1n) is 5.72.